The SMILES string of the molecule is CCOc1ccc(Cl)cc1-c1nc2cc(C(F)(F)F)ccc2n1COCC(=O)N=C(N)N. The first-order valence-corrected chi connectivity index (χ1v) is 9.68. The summed E-state index contributed by atoms with van der Waals surface area (Å²) in [6, 6.07) is 7.99. The fourth-order valence-corrected chi connectivity index (χ4v) is 3.17. The molecule has 0 radical (unpaired) electrons. The number of aliphatic imine (C=N–C) groups is 1. The number of ether oxygens (including phenoxy) is 2. The Morgan fingerprint density at radius 2 is 1.97 bits per heavy atom. The molecular formula is C20H19ClF3N5O3. The summed E-state index contributed by atoms with van der Waals surface area (Å²) >= 11 is 6.14. The number of alkyl halides is 3. The molecule has 8 nitrogen and oxygen atoms in total. The summed E-state index contributed by atoms with van der Waals surface area (Å²) in [6.07, 6.45) is -4.53. The van der Waals surface area contributed by atoms with Gasteiger partial charge in [0.25, 0.3) is 5.91 Å². The monoisotopic (exact) mass is 469 g/mol. The zero-order chi connectivity index (χ0) is 23.5. The van der Waals surface area contributed by atoms with Crippen molar-refractivity contribution < 1.29 is 27.4 Å². The van der Waals surface area contributed by atoms with E-state index in [1.54, 1.807) is 25.1 Å². The summed E-state index contributed by atoms with van der Waals surface area (Å²) in [5.74, 6) is -0.443. The van der Waals surface area contributed by atoms with E-state index in [1.165, 1.54) is 10.6 Å². The number of carbonyl (C=O) groups is 1. The number of fused-ring (bicyclic) bond motifs is 1. The molecule has 0 spiro atoms. The Labute approximate surface area is 185 Å². The lowest BCUT2D eigenvalue weighted by Gasteiger charge is -2.13. The van der Waals surface area contributed by atoms with Crippen LogP contribution in [-0.2, 0) is 22.4 Å². The van der Waals surface area contributed by atoms with E-state index in [-0.39, 0.29) is 18.1 Å². The van der Waals surface area contributed by atoms with Gasteiger partial charge in [-0.3, -0.25) is 9.36 Å². The van der Waals surface area contributed by atoms with Crippen LogP contribution in [0.25, 0.3) is 22.4 Å². The van der Waals surface area contributed by atoms with Crippen molar-refractivity contribution >= 4 is 34.5 Å². The predicted octanol–water partition coefficient (Wildman–Crippen LogP) is 3.55. The molecule has 1 amide bonds. The number of nitrogens with two attached hydrogens (primary N) is 2. The van der Waals surface area contributed by atoms with Crippen LogP contribution in [-0.4, -0.2) is 34.6 Å². The number of carbonyl (C=O) groups excluding carboxylic acids is 1. The van der Waals surface area contributed by atoms with Gasteiger partial charge in [-0.1, -0.05) is 11.6 Å². The van der Waals surface area contributed by atoms with Gasteiger partial charge in [0.05, 0.1) is 28.8 Å². The topological polar surface area (TPSA) is 118 Å². The molecule has 12 heteroatoms. The van der Waals surface area contributed by atoms with Gasteiger partial charge in [0.2, 0.25) is 0 Å². The van der Waals surface area contributed by atoms with Crippen LogP contribution in [0.15, 0.2) is 41.4 Å². The van der Waals surface area contributed by atoms with E-state index in [2.05, 4.69) is 9.98 Å². The molecule has 0 saturated heterocycles. The van der Waals surface area contributed by atoms with E-state index in [0.717, 1.165) is 12.1 Å². The van der Waals surface area contributed by atoms with Crippen molar-refractivity contribution in [1.29, 1.82) is 0 Å². The molecule has 0 atom stereocenters. The molecule has 0 aliphatic carbocycles. The van der Waals surface area contributed by atoms with Gasteiger partial charge >= 0.3 is 6.18 Å². The lowest BCUT2D eigenvalue weighted by molar-refractivity contribution is -0.137. The number of amides is 1. The van der Waals surface area contributed by atoms with Gasteiger partial charge in [0.15, 0.2) is 5.96 Å². The van der Waals surface area contributed by atoms with E-state index < -0.39 is 30.2 Å². The van der Waals surface area contributed by atoms with Crippen LogP contribution in [0.2, 0.25) is 5.02 Å². The van der Waals surface area contributed by atoms with E-state index >= 15 is 0 Å². The van der Waals surface area contributed by atoms with E-state index in [1.807, 2.05) is 0 Å². The molecule has 4 N–H and O–H groups in total. The van der Waals surface area contributed by atoms with Gasteiger partial charge in [0, 0.05) is 5.02 Å². The summed E-state index contributed by atoms with van der Waals surface area (Å²) in [6.45, 7) is 1.46. The number of rotatable bonds is 7. The summed E-state index contributed by atoms with van der Waals surface area (Å²) in [5.41, 5.74) is 10.4. The molecule has 1 heterocycles. The number of nitrogens with zero attached hydrogens (tertiary/aromatic N) is 3. The Bertz CT molecular complexity index is 1170. The van der Waals surface area contributed by atoms with Crippen LogP contribution in [0.3, 0.4) is 0 Å². The lowest BCUT2D eigenvalue weighted by atomic mass is 10.2. The van der Waals surface area contributed by atoms with Crippen molar-refractivity contribution in [3.05, 3.63) is 47.0 Å². The quantitative estimate of drug-likeness (QED) is 0.403. The molecule has 0 bridgehead atoms. The second-order valence-corrected chi connectivity index (χ2v) is 6.98. The molecule has 0 unspecified atom stereocenters. The maximum Gasteiger partial charge on any atom is 0.416 e. The molecule has 0 aliphatic rings. The van der Waals surface area contributed by atoms with Crippen molar-refractivity contribution in [3.8, 4) is 17.1 Å². The van der Waals surface area contributed by atoms with E-state index in [4.69, 9.17) is 32.5 Å². The Kier molecular flexibility index (Phi) is 6.90. The first kappa shape index (κ1) is 23.4. The normalized spacial score (nSPS) is 11.5. The van der Waals surface area contributed by atoms with Crippen LogP contribution < -0.4 is 16.2 Å². The average molecular weight is 470 g/mol. The number of halogens is 4. The van der Waals surface area contributed by atoms with Gasteiger partial charge < -0.3 is 20.9 Å². The highest BCUT2D eigenvalue weighted by Crippen LogP contribution is 2.36. The minimum atomic E-state index is -4.53. The average Bonchev–Trinajstić information content (AvgIpc) is 3.06. The fourth-order valence-electron chi connectivity index (χ4n) is 3.00. The van der Waals surface area contributed by atoms with Crippen molar-refractivity contribution in [2.24, 2.45) is 16.5 Å². The third-order valence-corrected chi connectivity index (χ3v) is 4.49. The van der Waals surface area contributed by atoms with Crippen LogP contribution in [0.5, 0.6) is 5.75 Å². The second kappa shape index (κ2) is 9.45. The van der Waals surface area contributed by atoms with Gasteiger partial charge in [-0.05, 0) is 43.3 Å². The highest BCUT2D eigenvalue weighted by molar-refractivity contribution is 6.31. The minimum absolute atomic E-state index is 0.0800. The zero-order valence-corrected chi connectivity index (χ0v) is 17.6. The zero-order valence-electron chi connectivity index (χ0n) is 16.8. The van der Waals surface area contributed by atoms with Crippen molar-refractivity contribution in [2.45, 2.75) is 19.8 Å². The smallest absolute Gasteiger partial charge is 0.416 e. The lowest BCUT2D eigenvalue weighted by Crippen LogP contribution is -2.25. The van der Waals surface area contributed by atoms with E-state index in [0.29, 0.717) is 28.5 Å². The van der Waals surface area contributed by atoms with Crippen molar-refractivity contribution in [1.82, 2.24) is 9.55 Å². The first-order valence-electron chi connectivity index (χ1n) is 9.30. The summed E-state index contributed by atoms with van der Waals surface area (Å²) < 4.78 is 52.1. The molecule has 3 rings (SSSR count). The minimum Gasteiger partial charge on any atom is -0.493 e. The molecule has 170 valence electrons. The Balaban J connectivity index is 2.10. The molecular weight excluding hydrogens is 451 g/mol. The third-order valence-electron chi connectivity index (χ3n) is 4.26. The van der Waals surface area contributed by atoms with Gasteiger partial charge in [-0.2, -0.15) is 18.2 Å². The molecule has 3 aromatic rings. The molecule has 0 saturated carbocycles. The predicted molar refractivity (Wildman–Crippen MR) is 113 cm³/mol. The molecule has 0 aliphatic heterocycles. The highest BCUT2D eigenvalue weighted by Gasteiger charge is 2.31. The summed E-state index contributed by atoms with van der Waals surface area (Å²) in [7, 11) is 0. The van der Waals surface area contributed by atoms with Gasteiger partial charge in [-0.15, -0.1) is 0 Å². The highest BCUT2D eigenvalue weighted by atomic mass is 35.5. The van der Waals surface area contributed by atoms with Gasteiger partial charge in [-0.25, -0.2) is 4.98 Å². The molecule has 2 aromatic carbocycles. The maximum absolute atomic E-state index is 13.2. The number of imidazole rings is 1. The third kappa shape index (κ3) is 5.29. The number of aromatic nitrogens is 2. The van der Waals surface area contributed by atoms with Crippen LogP contribution in [0, 0.1) is 0 Å². The number of benzene rings is 2. The van der Waals surface area contributed by atoms with Gasteiger partial charge in [0.1, 0.15) is 24.9 Å². The van der Waals surface area contributed by atoms with Crippen LogP contribution in [0.1, 0.15) is 12.5 Å². The fraction of sp³-hybridized carbons (Fsp3) is 0.250. The van der Waals surface area contributed by atoms with Crippen molar-refractivity contribution in [2.75, 3.05) is 13.2 Å². The molecule has 1 aromatic heterocycles. The Hall–Kier alpha value is -3.31. The van der Waals surface area contributed by atoms with Crippen LogP contribution >= 0.6 is 11.6 Å². The second-order valence-electron chi connectivity index (χ2n) is 6.55. The molecule has 32 heavy (non-hydrogen) atoms. The van der Waals surface area contributed by atoms with E-state index in [9.17, 15) is 18.0 Å². The Morgan fingerprint density at radius 3 is 2.62 bits per heavy atom. The summed E-state index contributed by atoms with van der Waals surface area (Å²) in [5, 5.41) is 0.377. The maximum atomic E-state index is 13.2. The molecule has 0 fully saturated rings. The Morgan fingerprint density at radius 1 is 1.22 bits per heavy atom. The first-order chi connectivity index (χ1) is 15.1. The standard InChI is InChI=1S/C20H19ClF3N5O3/c1-2-32-16-6-4-12(21)8-13(16)18-27-14-7-11(20(22,23)24)3-5-15(14)29(18)10-31-9-17(30)28-19(25)26/h3-8H,2,9-10H2,1H3,(H4,25,26,28,30). The summed E-state index contributed by atoms with van der Waals surface area (Å²) in [4.78, 5) is 19.4. The number of hydrogen-bond acceptors (Lipinski definition) is 4. The van der Waals surface area contributed by atoms with Crippen molar-refractivity contribution in [3.63, 3.8) is 0 Å². The largest absolute Gasteiger partial charge is 0.493 e. The number of hydrogen-bond donors (Lipinski definition) is 2. The van der Waals surface area contributed by atoms with Crippen LogP contribution in [0.4, 0.5) is 13.2 Å². The number of guanidine groups is 1.